The fraction of sp³-hybridized carbons (Fsp3) is 0.438. The third-order valence-corrected chi connectivity index (χ3v) is 6.31. The first-order chi connectivity index (χ1) is 16.7. The van der Waals surface area contributed by atoms with Gasteiger partial charge in [-0.05, 0) is 89.2 Å². The second-order valence-corrected chi connectivity index (χ2v) is 11.6. The molecule has 4 heteroatoms. The minimum absolute atomic E-state index is 0.145. The molecule has 0 aliphatic carbocycles. The minimum atomic E-state index is -0.871. The topological polar surface area (TPSA) is 58.9 Å². The number of aryl methyl sites for hydroxylation is 1. The summed E-state index contributed by atoms with van der Waals surface area (Å²) in [6.45, 7) is 18.3. The molecule has 2 unspecified atom stereocenters. The largest absolute Gasteiger partial charge is 0.465 e. The second kappa shape index (κ2) is 10.7. The number of aliphatic hydroxyl groups is 2. The molecule has 0 bridgehead atoms. The standard InChI is InChI=1S/C32H42O4/c1-10-22-11-12-23(24-13-15-29(35-20(2)33)27(18-24)31(4,5)6)17-26(22)25-14-16-30(36-21(3)34)28(19-25)32(7,8)9/h11-21,33-34H,10H2,1-9H3. The molecule has 3 aromatic rings. The Labute approximate surface area is 216 Å². The van der Waals surface area contributed by atoms with Crippen LogP contribution in [0.1, 0.15) is 79.0 Å². The maximum atomic E-state index is 9.83. The van der Waals surface area contributed by atoms with E-state index in [0.717, 1.165) is 34.2 Å². The third kappa shape index (κ3) is 6.48. The highest BCUT2D eigenvalue weighted by atomic mass is 16.6. The molecule has 0 radical (unpaired) electrons. The molecule has 3 rings (SSSR count). The van der Waals surface area contributed by atoms with E-state index < -0.39 is 12.6 Å². The zero-order valence-electron chi connectivity index (χ0n) is 23.3. The maximum Gasteiger partial charge on any atom is 0.194 e. The van der Waals surface area contributed by atoms with Crippen molar-refractivity contribution < 1.29 is 19.7 Å². The van der Waals surface area contributed by atoms with E-state index in [1.54, 1.807) is 13.8 Å². The molecule has 3 aromatic carbocycles. The van der Waals surface area contributed by atoms with E-state index in [1.807, 2.05) is 12.1 Å². The summed E-state index contributed by atoms with van der Waals surface area (Å²) >= 11 is 0. The van der Waals surface area contributed by atoms with Crippen LogP contribution in [0.2, 0.25) is 0 Å². The van der Waals surface area contributed by atoms with Gasteiger partial charge >= 0.3 is 0 Å². The van der Waals surface area contributed by atoms with Gasteiger partial charge in [0, 0.05) is 11.1 Å². The van der Waals surface area contributed by atoms with Crippen LogP contribution in [-0.4, -0.2) is 22.8 Å². The van der Waals surface area contributed by atoms with Crippen molar-refractivity contribution in [2.45, 2.75) is 92.1 Å². The van der Waals surface area contributed by atoms with Gasteiger partial charge in [0.1, 0.15) is 11.5 Å². The SMILES string of the molecule is CCc1ccc(-c2ccc(OC(C)O)c(C(C)(C)C)c2)cc1-c1ccc(OC(C)O)c(C(C)(C)C)c1. The van der Waals surface area contributed by atoms with Crippen molar-refractivity contribution in [3.8, 4) is 33.8 Å². The first-order valence-electron chi connectivity index (χ1n) is 12.8. The van der Waals surface area contributed by atoms with Gasteiger partial charge in [-0.15, -0.1) is 0 Å². The smallest absolute Gasteiger partial charge is 0.194 e. The Morgan fingerprint density at radius 2 is 1.06 bits per heavy atom. The molecule has 0 aliphatic heterocycles. The average Bonchev–Trinajstić information content (AvgIpc) is 2.77. The molecule has 0 saturated carbocycles. The maximum absolute atomic E-state index is 9.83. The van der Waals surface area contributed by atoms with E-state index in [4.69, 9.17) is 9.47 Å². The van der Waals surface area contributed by atoms with Crippen LogP contribution >= 0.6 is 0 Å². The molecule has 0 saturated heterocycles. The predicted octanol–water partition coefficient (Wildman–Crippen LogP) is 7.61. The predicted molar refractivity (Wildman–Crippen MR) is 149 cm³/mol. The highest BCUT2D eigenvalue weighted by Crippen LogP contribution is 2.39. The van der Waals surface area contributed by atoms with Gasteiger partial charge in [0.15, 0.2) is 12.6 Å². The van der Waals surface area contributed by atoms with Gasteiger partial charge in [-0.25, -0.2) is 0 Å². The van der Waals surface area contributed by atoms with Gasteiger partial charge in [0.2, 0.25) is 0 Å². The molecule has 0 heterocycles. The number of hydrogen-bond acceptors (Lipinski definition) is 4. The highest BCUT2D eigenvalue weighted by molar-refractivity contribution is 5.77. The Morgan fingerprint density at radius 3 is 1.50 bits per heavy atom. The first-order valence-corrected chi connectivity index (χ1v) is 12.8. The quantitative estimate of drug-likeness (QED) is 0.335. The molecule has 0 spiro atoms. The van der Waals surface area contributed by atoms with Crippen LogP contribution in [0, 0.1) is 0 Å². The van der Waals surface area contributed by atoms with Crippen LogP contribution in [0.15, 0.2) is 54.6 Å². The molecule has 2 N–H and O–H groups in total. The second-order valence-electron chi connectivity index (χ2n) is 11.6. The van der Waals surface area contributed by atoms with E-state index in [-0.39, 0.29) is 10.8 Å². The Kier molecular flexibility index (Phi) is 8.22. The molecular weight excluding hydrogens is 448 g/mol. The summed E-state index contributed by atoms with van der Waals surface area (Å²) in [5.41, 5.74) is 7.63. The summed E-state index contributed by atoms with van der Waals surface area (Å²) in [4.78, 5) is 0. The summed E-state index contributed by atoms with van der Waals surface area (Å²) in [7, 11) is 0. The molecule has 0 fully saturated rings. The number of benzene rings is 3. The molecule has 0 aliphatic rings. The van der Waals surface area contributed by atoms with Gasteiger partial charge in [-0.2, -0.15) is 0 Å². The summed E-state index contributed by atoms with van der Waals surface area (Å²) in [5, 5.41) is 19.6. The van der Waals surface area contributed by atoms with Crippen molar-refractivity contribution >= 4 is 0 Å². The monoisotopic (exact) mass is 490 g/mol. The summed E-state index contributed by atoms with van der Waals surface area (Å²) in [5.74, 6) is 1.41. The lowest BCUT2D eigenvalue weighted by atomic mass is 9.83. The third-order valence-electron chi connectivity index (χ3n) is 6.31. The summed E-state index contributed by atoms with van der Waals surface area (Å²) < 4.78 is 11.4. The highest BCUT2D eigenvalue weighted by Gasteiger charge is 2.23. The van der Waals surface area contributed by atoms with Crippen LogP contribution in [0.25, 0.3) is 22.3 Å². The van der Waals surface area contributed by atoms with E-state index >= 15 is 0 Å². The molecule has 0 aromatic heterocycles. The van der Waals surface area contributed by atoms with Crippen LogP contribution in [0.3, 0.4) is 0 Å². The molecule has 2 atom stereocenters. The van der Waals surface area contributed by atoms with Gasteiger partial charge in [-0.3, -0.25) is 0 Å². The average molecular weight is 491 g/mol. The lowest BCUT2D eigenvalue weighted by Crippen LogP contribution is -2.17. The zero-order valence-corrected chi connectivity index (χ0v) is 23.3. The molecule has 0 amide bonds. The normalized spacial score (nSPS) is 13.9. The Bertz CT molecular complexity index is 1190. The molecule has 36 heavy (non-hydrogen) atoms. The van der Waals surface area contributed by atoms with Crippen LogP contribution in [-0.2, 0) is 17.3 Å². The first kappa shape index (κ1) is 27.8. The van der Waals surface area contributed by atoms with Gasteiger partial charge in [0.25, 0.3) is 0 Å². The van der Waals surface area contributed by atoms with Crippen LogP contribution in [0.5, 0.6) is 11.5 Å². The van der Waals surface area contributed by atoms with Crippen molar-refractivity contribution in [3.05, 3.63) is 71.3 Å². The molecular formula is C32H42O4. The number of ether oxygens (including phenoxy) is 2. The fourth-order valence-corrected chi connectivity index (χ4v) is 4.49. The molecule has 194 valence electrons. The van der Waals surface area contributed by atoms with E-state index in [0.29, 0.717) is 11.5 Å². The fourth-order valence-electron chi connectivity index (χ4n) is 4.49. The van der Waals surface area contributed by atoms with Crippen LogP contribution in [0.4, 0.5) is 0 Å². The van der Waals surface area contributed by atoms with Crippen LogP contribution < -0.4 is 9.47 Å². The number of aliphatic hydroxyl groups excluding tert-OH is 2. The lowest BCUT2D eigenvalue weighted by Gasteiger charge is -2.25. The number of hydrogen-bond donors (Lipinski definition) is 2. The Balaban J connectivity index is 2.16. The van der Waals surface area contributed by atoms with Gasteiger partial charge in [0.05, 0.1) is 0 Å². The Hall–Kier alpha value is -2.82. The summed E-state index contributed by atoms with van der Waals surface area (Å²) in [6, 6.07) is 19.0. The number of rotatable bonds is 7. The minimum Gasteiger partial charge on any atom is -0.465 e. The van der Waals surface area contributed by atoms with Crippen molar-refractivity contribution in [1.29, 1.82) is 0 Å². The molecule has 4 nitrogen and oxygen atoms in total. The van der Waals surface area contributed by atoms with Crippen molar-refractivity contribution in [2.24, 2.45) is 0 Å². The van der Waals surface area contributed by atoms with Crippen molar-refractivity contribution in [2.75, 3.05) is 0 Å². The summed E-state index contributed by atoms with van der Waals surface area (Å²) in [6.07, 6.45) is -0.824. The zero-order chi connectivity index (χ0) is 26.8. The Morgan fingerprint density at radius 1 is 0.639 bits per heavy atom. The van der Waals surface area contributed by atoms with E-state index in [2.05, 4.69) is 90.9 Å². The van der Waals surface area contributed by atoms with Crippen molar-refractivity contribution in [1.82, 2.24) is 0 Å². The van der Waals surface area contributed by atoms with Gasteiger partial charge in [-0.1, -0.05) is 72.7 Å². The van der Waals surface area contributed by atoms with E-state index in [9.17, 15) is 10.2 Å². The van der Waals surface area contributed by atoms with E-state index in [1.165, 1.54) is 11.1 Å². The van der Waals surface area contributed by atoms with Crippen molar-refractivity contribution in [3.63, 3.8) is 0 Å². The van der Waals surface area contributed by atoms with Gasteiger partial charge < -0.3 is 19.7 Å². The lowest BCUT2D eigenvalue weighted by molar-refractivity contribution is -0.00213.